The molecular weight excluding hydrogens is 246 g/mol. The summed E-state index contributed by atoms with van der Waals surface area (Å²) in [6.07, 6.45) is 5.77. The van der Waals surface area contributed by atoms with Crippen LogP contribution in [-0.2, 0) is 0 Å². The van der Waals surface area contributed by atoms with Gasteiger partial charge in [-0.15, -0.1) is 0 Å². The largest absolute Gasteiger partial charge is 0.385 e. The second-order valence-electron chi connectivity index (χ2n) is 4.66. The summed E-state index contributed by atoms with van der Waals surface area (Å²) in [7, 11) is 0. The van der Waals surface area contributed by atoms with Crippen LogP contribution in [0, 0.1) is 10.1 Å². The van der Waals surface area contributed by atoms with Gasteiger partial charge in [-0.3, -0.25) is 15.1 Å². The number of aliphatic hydroxyl groups excluding tert-OH is 1. The summed E-state index contributed by atoms with van der Waals surface area (Å²) in [4.78, 5) is 10.2. The molecule has 6 heteroatoms. The summed E-state index contributed by atoms with van der Waals surface area (Å²) in [5.74, 6) is 0. The Kier molecular flexibility index (Phi) is 2.79. The molecule has 3 rings (SSSR count). The van der Waals surface area contributed by atoms with E-state index in [9.17, 15) is 15.2 Å². The van der Waals surface area contributed by atoms with E-state index in [1.54, 1.807) is 12.1 Å². The molecule has 0 radical (unpaired) electrons. The lowest BCUT2D eigenvalue weighted by Gasteiger charge is -2.34. The fraction of sp³-hybridized carbons (Fsp3) is 0.308. The Labute approximate surface area is 109 Å². The quantitative estimate of drug-likeness (QED) is 0.497. The van der Waals surface area contributed by atoms with Gasteiger partial charge in [-0.2, -0.15) is 5.10 Å². The molecular formula is C13H13N3O3. The number of non-ortho nitro benzene ring substituents is 1. The summed E-state index contributed by atoms with van der Waals surface area (Å²) in [5.41, 5.74) is 1.00. The Morgan fingerprint density at radius 3 is 2.79 bits per heavy atom. The first kappa shape index (κ1) is 11.9. The SMILES string of the molecule is O=[N+]([O-])c1ccc(C2C=CCC3C(O)C=NN23)cc1. The highest BCUT2D eigenvalue weighted by molar-refractivity contribution is 5.66. The van der Waals surface area contributed by atoms with Crippen molar-refractivity contribution < 1.29 is 10.0 Å². The van der Waals surface area contributed by atoms with Crippen LogP contribution in [0.2, 0.25) is 0 Å². The second kappa shape index (κ2) is 4.47. The molecule has 0 aliphatic carbocycles. The normalized spacial score (nSPS) is 28.5. The van der Waals surface area contributed by atoms with Gasteiger partial charge in [0.15, 0.2) is 0 Å². The van der Waals surface area contributed by atoms with Crippen molar-refractivity contribution in [3.63, 3.8) is 0 Å². The van der Waals surface area contributed by atoms with Crippen molar-refractivity contribution in [2.45, 2.75) is 24.6 Å². The lowest BCUT2D eigenvalue weighted by atomic mass is 9.97. The highest BCUT2D eigenvalue weighted by Crippen LogP contribution is 2.34. The number of hydrogen-bond donors (Lipinski definition) is 1. The third-order valence-electron chi connectivity index (χ3n) is 3.51. The van der Waals surface area contributed by atoms with E-state index in [-0.39, 0.29) is 17.8 Å². The zero-order chi connectivity index (χ0) is 13.4. The molecule has 1 N–H and O–H groups in total. The van der Waals surface area contributed by atoms with Crippen LogP contribution in [0.5, 0.6) is 0 Å². The first-order valence-electron chi connectivity index (χ1n) is 6.08. The van der Waals surface area contributed by atoms with Crippen LogP contribution in [0.4, 0.5) is 5.69 Å². The molecule has 0 fully saturated rings. The van der Waals surface area contributed by atoms with E-state index in [4.69, 9.17) is 0 Å². The fourth-order valence-corrected chi connectivity index (χ4v) is 2.50. The van der Waals surface area contributed by atoms with Crippen LogP contribution in [0.15, 0.2) is 41.5 Å². The maximum absolute atomic E-state index is 10.6. The summed E-state index contributed by atoms with van der Waals surface area (Å²) >= 11 is 0. The third-order valence-corrected chi connectivity index (χ3v) is 3.51. The summed E-state index contributed by atoms with van der Waals surface area (Å²) in [6.45, 7) is 0. The Hall–Kier alpha value is -2.21. The van der Waals surface area contributed by atoms with Crippen molar-refractivity contribution in [3.8, 4) is 0 Å². The van der Waals surface area contributed by atoms with Gasteiger partial charge < -0.3 is 5.11 Å². The van der Waals surface area contributed by atoms with E-state index in [1.807, 2.05) is 17.2 Å². The van der Waals surface area contributed by atoms with Crippen molar-refractivity contribution in [1.82, 2.24) is 5.01 Å². The Morgan fingerprint density at radius 2 is 2.11 bits per heavy atom. The molecule has 3 atom stereocenters. The minimum absolute atomic E-state index is 0.0369. The van der Waals surface area contributed by atoms with Gasteiger partial charge in [-0.25, -0.2) is 0 Å². The summed E-state index contributed by atoms with van der Waals surface area (Å²) in [6, 6.07) is 6.33. The molecule has 0 bridgehead atoms. The van der Waals surface area contributed by atoms with Gasteiger partial charge in [0, 0.05) is 12.1 Å². The molecule has 98 valence electrons. The third kappa shape index (κ3) is 2.00. The highest BCUT2D eigenvalue weighted by atomic mass is 16.6. The van der Waals surface area contributed by atoms with Gasteiger partial charge in [-0.1, -0.05) is 12.2 Å². The molecule has 1 aromatic carbocycles. The van der Waals surface area contributed by atoms with E-state index >= 15 is 0 Å². The monoisotopic (exact) mass is 259 g/mol. The van der Waals surface area contributed by atoms with Gasteiger partial charge in [0.1, 0.15) is 6.10 Å². The minimum Gasteiger partial charge on any atom is -0.385 e. The van der Waals surface area contributed by atoms with Crippen LogP contribution in [-0.4, -0.2) is 33.4 Å². The Bertz CT molecular complexity index is 553. The molecule has 0 aromatic heterocycles. The molecule has 0 saturated heterocycles. The van der Waals surface area contributed by atoms with E-state index in [1.165, 1.54) is 18.3 Å². The van der Waals surface area contributed by atoms with Gasteiger partial charge in [-0.05, 0) is 24.1 Å². The lowest BCUT2D eigenvalue weighted by Crippen LogP contribution is -2.38. The second-order valence-corrected chi connectivity index (χ2v) is 4.66. The van der Waals surface area contributed by atoms with Gasteiger partial charge in [0.25, 0.3) is 5.69 Å². The molecule has 3 unspecified atom stereocenters. The number of hydrazone groups is 1. The van der Waals surface area contributed by atoms with E-state index < -0.39 is 11.0 Å². The number of aliphatic hydroxyl groups is 1. The predicted molar refractivity (Wildman–Crippen MR) is 69.7 cm³/mol. The zero-order valence-corrected chi connectivity index (χ0v) is 10.1. The maximum Gasteiger partial charge on any atom is 0.269 e. The standard InChI is InChI=1S/C13H13N3O3/c17-13-8-14-15-11(2-1-3-12(13)15)9-4-6-10(7-5-9)16(18)19/h1-2,4-8,11-13,17H,3H2. The van der Waals surface area contributed by atoms with Crippen LogP contribution >= 0.6 is 0 Å². The van der Waals surface area contributed by atoms with Crippen molar-refractivity contribution >= 4 is 11.9 Å². The molecule has 2 aliphatic heterocycles. The zero-order valence-electron chi connectivity index (χ0n) is 10.1. The molecule has 2 heterocycles. The summed E-state index contributed by atoms with van der Waals surface area (Å²) < 4.78 is 0. The number of hydrogen-bond acceptors (Lipinski definition) is 5. The molecule has 0 spiro atoms. The van der Waals surface area contributed by atoms with Gasteiger partial charge in [0.2, 0.25) is 0 Å². The number of nitrogens with zero attached hydrogens (tertiary/aromatic N) is 3. The highest BCUT2D eigenvalue weighted by Gasteiger charge is 2.35. The smallest absolute Gasteiger partial charge is 0.269 e. The number of fused-ring (bicyclic) bond motifs is 1. The minimum atomic E-state index is -0.550. The number of nitro benzene ring substituents is 1. The molecule has 0 saturated carbocycles. The predicted octanol–water partition coefficient (Wildman–Crippen LogP) is 1.63. The average Bonchev–Trinajstić information content (AvgIpc) is 2.81. The van der Waals surface area contributed by atoms with E-state index in [2.05, 4.69) is 5.10 Å². The Balaban J connectivity index is 1.89. The fourth-order valence-electron chi connectivity index (χ4n) is 2.50. The topological polar surface area (TPSA) is 79.0 Å². The van der Waals surface area contributed by atoms with Crippen molar-refractivity contribution in [1.29, 1.82) is 0 Å². The number of benzene rings is 1. The van der Waals surface area contributed by atoms with Gasteiger partial charge >= 0.3 is 0 Å². The first-order valence-corrected chi connectivity index (χ1v) is 6.08. The number of rotatable bonds is 2. The van der Waals surface area contributed by atoms with E-state index in [0.29, 0.717) is 0 Å². The number of nitro groups is 1. The molecule has 2 aliphatic rings. The van der Waals surface area contributed by atoms with Crippen LogP contribution in [0.3, 0.4) is 0 Å². The van der Waals surface area contributed by atoms with Crippen LogP contribution in [0.1, 0.15) is 18.0 Å². The maximum atomic E-state index is 10.6. The van der Waals surface area contributed by atoms with Gasteiger partial charge in [0.05, 0.1) is 23.2 Å². The molecule has 1 aromatic rings. The van der Waals surface area contributed by atoms with E-state index in [0.717, 1.165) is 12.0 Å². The van der Waals surface area contributed by atoms with Crippen molar-refractivity contribution in [2.75, 3.05) is 0 Å². The van der Waals surface area contributed by atoms with Crippen molar-refractivity contribution in [3.05, 3.63) is 52.1 Å². The molecule has 6 nitrogen and oxygen atoms in total. The Morgan fingerprint density at radius 1 is 1.37 bits per heavy atom. The first-order chi connectivity index (χ1) is 9.16. The molecule has 19 heavy (non-hydrogen) atoms. The summed E-state index contributed by atoms with van der Waals surface area (Å²) in [5, 5.41) is 26.5. The lowest BCUT2D eigenvalue weighted by molar-refractivity contribution is -0.384. The van der Waals surface area contributed by atoms with Crippen LogP contribution in [0.25, 0.3) is 0 Å². The van der Waals surface area contributed by atoms with Crippen molar-refractivity contribution in [2.24, 2.45) is 5.10 Å². The van der Waals surface area contributed by atoms with Crippen LogP contribution < -0.4 is 0 Å². The molecule has 0 amide bonds. The average molecular weight is 259 g/mol.